The van der Waals surface area contributed by atoms with Crippen LogP contribution in [0.1, 0.15) is 12.7 Å². The summed E-state index contributed by atoms with van der Waals surface area (Å²) in [4.78, 5) is 8.56. The molecular formula is C13H11Cl3N2S. The quantitative estimate of drug-likeness (QED) is 0.705. The van der Waals surface area contributed by atoms with Crippen molar-refractivity contribution >= 4 is 46.6 Å². The number of benzene rings is 1. The van der Waals surface area contributed by atoms with E-state index >= 15 is 0 Å². The SMILES string of the molecule is CCSCc1nc(Cl)c(-c2ccccc2Cl)c(Cl)n1. The number of hydrogen-bond acceptors (Lipinski definition) is 3. The zero-order valence-electron chi connectivity index (χ0n) is 10.2. The monoisotopic (exact) mass is 332 g/mol. The zero-order valence-corrected chi connectivity index (χ0v) is 13.2. The summed E-state index contributed by atoms with van der Waals surface area (Å²) in [5, 5.41) is 1.24. The Labute approximate surface area is 131 Å². The van der Waals surface area contributed by atoms with Gasteiger partial charge in [-0.3, -0.25) is 0 Å². The fourth-order valence-corrected chi connectivity index (χ4v) is 2.96. The Bertz CT molecular complexity index is 567. The van der Waals surface area contributed by atoms with Crippen molar-refractivity contribution in [3.63, 3.8) is 0 Å². The number of hydrogen-bond donors (Lipinski definition) is 0. The second-order valence-corrected chi connectivity index (χ2v) is 6.11. The van der Waals surface area contributed by atoms with E-state index in [9.17, 15) is 0 Å². The van der Waals surface area contributed by atoms with Gasteiger partial charge in [0.25, 0.3) is 0 Å². The predicted molar refractivity (Wildman–Crippen MR) is 84.3 cm³/mol. The Kier molecular flexibility index (Phi) is 5.34. The lowest BCUT2D eigenvalue weighted by Gasteiger charge is -2.09. The highest BCUT2D eigenvalue weighted by Gasteiger charge is 2.15. The molecule has 0 radical (unpaired) electrons. The van der Waals surface area contributed by atoms with Crippen molar-refractivity contribution in [1.29, 1.82) is 0 Å². The minimum Gasteiger partial charge on any atom is -0.220 e. The topological polar surface area (TPSA) is 25.8 Å². The molecule has 6 heteroatoms. The molecule has 2 rings (SSSR count). The van der Waals surface area contributed by atoms with Gasteiger partial charge in [0.05, 0.1) is 11.3 Å². The molecule has 2 nitrogen and oxygen atoms in total. The molecule has 2 aromatic rings. The van der Waals surface area contributed by atoms with Gasteiger partial charge >= 0.3 is 0 Å². The fraction of sp³-hybridized carbons (Fsp3) is 0.231. The van der Waals surface area contributed by atoms with E-state index in [-0.39, 0.29) is 0 Å². The average molecular weight is 334 g/mol. The first-order chi connectivity index (χ1) is 9.13. The van der Waals surface area contributed by atoms with Crippen molar-refractivity contribution in [2.24, 2.45) is 0 Å². The van der Waals surface area contributed by atoms with Gasteiger partial charge in [-0.2, -0.15) is 11.8 Å². The Morgan fingerprint density at radius 3 is 2.26 bits per heavy atom. The van der Waals surface area contributed by atoms with E-state index in [0.29, 0.717) is 32.5 Å². The van der Waals surface area contributed by atoms with E-state index < -0.39 is 0 Å². The molecule has 0 atom stereocenters. The molecule has 0 bridgehead atoms. The maximum atomic E-state index is 6.22. The molecule has 0 unspecified atom stereocenters. The van der Waals surface area contributed by atoms with E-state index in [4.69, 9.17) is 34.8 Å². The van der Waals surface area contributed by atoms with Crippen molar-refractivity contribution in [2.45, 2.75) is 12.7 Å². The maximum absolute atomic E-state index is 6.22. The van der Waals surface area contributed by atoms with Crippen LogP contribution < -0.4 is 0 Å². The molecule has 19 heavy (non-hydrogen) atoms. The number of halogens is 3. The number of aromatic nitrogens is 2. The molecule has 0 fully saturated rings. The lowest BCUT2D eigenvalue weighted by molar-refractivity contribution is 1.04. The second kappa shape index (κ2) is 6.80. The van der Waals surface area contributed by atoms with Crippen LogP contribution in [0.4, 0.5) is 0 Å². The third-order valence-corrected chi connectivity index (χ3v) is 4.19. The molecule has 0 saturated carbocycles. The van der Waals surface area contributed by atoms with Gasteiger partial charge in [0.2, 0.25) is 0 Å². The summed E-state index contributed by atoms with van der Waals surface area (Å²) in [6, 6.07) is 7.35. The van der Waals surface area contributed by atoms with Crippen LogP contribution in [0.25, 0.3) is 11.1 Å². The van der Waals surface area contributed by atoms with Crippen LogP contribution in [-0.2, 0) is 5.75 Å². The molecule has 0 spiro atoms. The van der Waals surface area contributed by atoms with E-state index in [2.05, 4.69) is 16.9 Å². The molecule has 1 heterocycles. The molecule has 0 saturated heterocycles. The highest BCUT2D eigenvalue weighted by Crippen LogP contribution is 2.36. The van der Waals surface area contributed by atoms with E-state index in [1.54, 1.807) is 17.8 Å². The third kappa shape index (κ3) is 3.54. The van der Waals surface area contributed by atoms with Crippen molar-refractivity contribution in [3.8, 4) is 11.1 Å². The maximum Gasteiger partial charge on any atom is 0.142 e. The highest BCUT2D eigenvalue weighted by molar-refractivity contribution is 7.98. The lowest BCUT2D eigenvalue weighted by atomic mass is 10.1. The van der Waals surface area contributed by atoms with E-state index in [1.165, 1.54) is 0 Å². The average Bonchev–Trinajstić information content (AvgIpc) is 2.38. The summed E-state index contributed by atoms with van der Waals surface area (Å²) in [6.07, 6.45) is 0. The minimum absolute atomic E-state index is 0.333. The minimum atomic E-state index is 0.333. The number of rotatable bonds is 4. The van der Waals surface area contributed by atoms with E-state index in [0.717, 1.165) is 11.3 Å². The van der Waals surface area contributed by atoms with Crippen LogP contribution in [0, 0.1) is 0 Å². The molecule has 0 N–H and O–H groups in total. The largest absolute Gasteiger partial charge is 0.220 e. The van der Waals surface area contributed by atoms with Crippen LogP contribution in [0.5, 0.6) is 0 Å². The molecule has 0 aliphatic rings. The van der Waals surface area contributed by atoms with Crippen molar-refractivity contribution in [1.82, 2.24) is 9.97 Å². The first kappa shape index (κ1) is 14.9. The molecule has 1 aromatic carbocycles. The number of nitrogens with zero attached hydrogens (tertiary/aromatic N) is 2. The number of thioether (sulfide) groups is 1. The lowest BCUT2D eigenvalue weighted by Crippen LogP contribution is -1.97. The van der Waals surface area contributed by atoms with Crippen molar-refractivity contribution in [2.75, 3.05) is 5.75 Å². The summed E-state index contributed by atoms with van der Waals surface area (Å²) in [5.74, 6) is 2.32. The normalized spacial score (nSPS) is 10.7. The van der Waals surface area contributed by atoms with Gasteiger partial charge in [-0.25, -0.2) is 9.97 Å². The Morgan fingerprint density at radius 2 is 1.68 bits per heavy atom. The second-order valence-electron chi connectivity index (χ2n) is 3.71. The zero-order chi connectivity index (χ0) is 13.8. The summed E-state index contributed by atoms with van der Waals surface area (Å²) in [5.41, 5.74) is 1.33. The predicted octanol–water partition coefficient (Wildman–Crippen LogP) is 5.36. The van der Waals surface area contributed by atoms with Crippen LogP contribution in [0.2, 0.25) is 15.3 Å². The van der Waals surface area contributed by atoms with Crippen LogP contribution in [0.3, 0.4) is 0 Å². The first-order valence-corrected chi connectivity index (χ1v) is 7.97. The van der Waals surface area contributed by atoms with Crippen LogP contribution >= 0.6 is 46.6 Å². The highest BCUT2D eigenvalue weighted by atomic mass is 35.5. The van der Waals surface area contributed by atoms with Gasteiger partial charge in [-0.1, -0.05) is 59.9 Å². The molecule has 0 aliphatic heterocycles. The molecule has 0 amide bonds. The van der Waals surface area contributed by atoms with Gasteiger partial charge in [0, 0.05) is 10.6 Å². The molecule has 1 aromatic heterocycles. The summed E-state index contributed by atoms with van der Waals surface area (Å²) < 4.78 is 0. The van der Waals surface area contributed by atoms with Crippen molar-refractivity contribution in [3.05, 3.63) is 45.4 Å². The molecule has 0 aliphatic carbocycles. The van der Waals surface area contributed by atoms with Gasteiger partial charge in [0.15, 0.2) is 0 Å². The Hall–Kier alpha value is -0.480. The smallest absolute Gasteiger partial charge is 0.142 e. The third-order valence-electron chi connectivity index (χ3n) is 2.45. The van der Waals surface area contributed by atoms with Gasteiger partial charge in [-0.15, -0.1) is 0 Å². The Morgan fingerprint density at radius 1 is 1.05 bits per heavy atom. The summed E-state index contributed by atoms with van der Waals surface area (Å²) in [7, 11) is 0. The Balaban J connectivity index is 2.45. The van der Waals surface area contributed by atoms with Gasteiger partial charge in [-0.05, 0) is 11.8 Å². The standard InChI is InChI=1S/C13H11Cl3N2S/c1-2-19-7-10-17-12(15)11(13(16)18-10)8-5-3-4-6-9(8)14/h3-6H,2,7H2,1H3. The molecule has 100 valence electrons. The fourth-order valence-electron chi connectivity index (χ4n) is 1.59. The first-order valence-electron chi connectivity index (χ1n) is 5.68. The molecular weight excluding hydrogens is 323 g/mol. The van der Waals surface area contributed by atoms with Crippen LogP contribution in [-0.4, -0.2) is 15.7 Å². The van der Waals surface area contributed by atoms with E-state index in [1.807, 2.05) is 18.2 Å². The summed E-state index contributed by atoms with van der Waals surface area (Å²) in [6.45, 7) is 2.08. The summed E-state index contributed by atoms with van der Waals surface area (Å²) >= 11 is 20.3. The van der Waals surface area contributed by atoms with Gasteiger partial charge < -0.3 is 0 Å². The van der Waals surface area contributed by atoms with Crippen molar-refractivity contribution < 1.29 is 0 Å². The van der Waals surface area contributed by atoms with Gasteiger partial charge in [0.1, 0.15) is 16.1 Å². The van der Waals surface area contributed by atoms with Crippen LogP contribution in [0.15, 0.2) is 24.3 Å².